The Labute approximate surface area is 191 Å². The molecule has 0 saturated carbocycles. The van der Waals surface area contributed by atoms with Crippen molar-refractivity contribution in [1.82, 2.24) is 5.32 Å². The van der Waals surface area contributed by atoms with Gasteiger partial charge in [0.25, 0.3) is 0 Å². The summed E-state index contributed by atoms with van der Waals surface area (Å²) in [5, 5.41) is 15.4. The lowest BCUT2D eigenvalue weighted by Gasteiger charge is -2.33. The lowest BCUT2D eigenvalue weighted by Crippen LogP contribution is -2.34. The van der Waals surface area contributed by atoms with E-state index in [2.05, 4.69) is 50.8 Å². The number of anilines is 3. The van der Waals surface area contributed by atoms with Crippen molar-refractivity contribution in [1.29, 1.82) is 0 Å². The van der Waals surface area contributed by atoms with Crippen LogP contribution in [0.5, 0.6) is 0 Å². The molecule has 2 heterocycles. The van der Waals surface area contributed by atoms with Crippen molar-refractivity contribution in [3.05, 3.63) is 54.1 Å². The quantitative estimate of drug-likeness (QED) is 0.619. The molecule has 6 nitrogen and oxygen atoms in total. The molecule has 2 aromatic rings. The number of carbonyl (C=O) groups excluding carboxylic acids is 1. The third kappa shape index (κ3) is 5.94. The summed E-state index contributed by atoms with van der Waals surface area (Å²) in [5.74, 6) is 0.442. The SMILES string of the molecule is O=C(NCc1ccc(N2CCC(CO)CC2)cc1)Nc1ccccc1N1CCCCCC1. The van der Waals surface area contributed by atoms with Gasteiger partial charge in [-0.15, -0.1) is 0 Å². The van der Waals surface area contributed by atoms with Crippen LogP contribution in [0.15, 0.2) is 48.5 Å². The molecule has 172 valence electrons. The molecule has 6 heteroatoms. The van der Waals surface area contributed by atoms with Crippen LogP contribution in [0.1, 0.15) is 44.1 Å². The van der Waals surface area contributed by atoms with E-state index in [1.54, 1.807) is 0 Å². The van der Waals surface area contributed by atoms with E-state index in [1.165, 1.54) is 31.4 Å². The summed E-state index contributed by atoms with van der Waals surface area (Å²) in [4.78, 5) is 17.4. The van der Waals surface area contributed by atoms with Crippen LogP contribution in [0.25, 0.3) is 0 Å². The molecular weight excluding hydrogens is 400 g/mol. The molecule has 2 aliphatic heterocycles. The second-order valence-electron chi connectivity index (χ2n) is 9.01. The molecule has 32 heavy (non-hydrogen) atoms. The van der Waals surface area contributed by atoms with Crippen LogP contribution in [0, 0.1) is 5.92 Å². The summed E-state index contributed by atoms with van der Waals surface area (Å²) >= 11 is 0. The first-order valence-electron chi connectivity index (χ1n) is 12.1. The van der Waals surface area contributed by atoms with E-state index < -0.39 is 0 Å². The van der Waals surface area contributed by atoms with Gasteiger partial charge in [0.05, 0.1) is 11.4 Å². The number of carbonyl (C=O) groups is 1. The van der Waals surface area contributed by atoms with Gasteiger partial charge < -0.3 is 25.5 Å². The second kappa shape index (κ2) is 11.2. The zero-order valence-electron chi connectivity index (χ0n) is 18.9. The molecule has 2 aromatic carbocycles. The Balaban J connectivity index is 1.29. The number of nitrogens with zero attached hydrogens (tertiary/aromatic N) is 2. The van der Waals surface area contributed by atoms with Crippen LogP contribution in [-0.4, -0.2) is 43.9 Å². The number of aliphatic hydroxyl groups excluding tert-OH is 1. The number of hydrogen-bond donors (Lipinski definition) is 3. The van der Waals surface area contributed by atoms with Gasteiger partial charge >= 0.3 is 6.03 Å². The third-order valence-electron chi connectivity index (χ3n) is 6.73. The van der Waals surface area contributed by atoms with E-state index in [9.17, 15) is 9.90 Å². The van der Waals surface area contributed by atoms with E-state index in [1.807, 2.05) is 18.2 Å². The zero-order chi connectivity index (χ0) is 22.2. The van der Waals surface area contributed by atoms with Crippen molar-refractivity contribution >= 4 is 23.1 Å². The predicted molar refractivity (Wildman–Crippen MR) is 131 cm³/mol. The smallest absolute Gasteiger partial charge is 0.319 e. The van der Waals surface area contributed by atoms with E-state index >= 15 is 0 Å². The Morgan fingerprint density at radius 2 is 1.56 bits per heavy atom. The van der Waals surface area contributed by atoms with E-state index in [0.29, 0.717) is 19.1 Å². The molecule has 0 aromatic heterocycles. The van der Waals surface area contributed by atoms with Crippen LogP contribution >= 0.6 is 0 Å². The molecule has 0 aliphatic carbocycles. The Morgan fingerprint density at radius 3 is 2.25 bits per heavy atom. The van der Waals surface area contributed by atoms with Crippen LogP contribution in [-0.2, 0) is 6.54 Å². The minimum absolute atomic E-state index is 0.178. The van der Waals surface area contributed by atoms with Crippen LogP contribution in [0.4, 0.5) is 21.9 Å². The summed E-state index contributed by atoms with van der Waals surface area (Å²) < 4.78 is 0. The van der Waals surface area contributed by atoms with Gasteiger partial charge in [-0.1, -0.05) is 37.1 Å². The normalized spacial score (nSPS) is 17.7. The monoisotopic (exact) mass is 436 g/mol. The minimum atomic E-state index is -0.178. The van der Waals surface area contributed by atoms with Gasteiger partial charge in [-0.2, -0.15) is 0 Å². The zero-order valence-corrected chi connectivity index (χ0v) is 18.9. The van der Waals surface area contributed by atoms with Crippen molar-refractivity contribution < 1.29 is 9.90 Å². The average molecular weight is 437 g/mol. The topological polar surface area (TPSA) is 67.8 Å². The molecule has 0 radical (unpaired) electrons. The summed E-state index contributed by atoms with van der Waals surface area (Å²) in [5.41, 5.74) is 4.27. The first kappa shape index (κ1) is 22.5. The largest absolute Gasteiger partial charge is 0.396 e. The number of urea groups is 1. The van der Waals surface area contributed by atoms with Crippen molar-refractivity contribution in [2.45, 2.75) is 45.1 Å². The van der Waals surface area contributed by atoms with Crippen LogP contribution in [0.2, 0.25) is 0 Å². The maximum atomic E-state index is 12.6. The highest BCUT2D eigenvalue weighted by Gasteiger charge is 2.19. The maximum absolute atomic E-state index is 12.6. The Bertz CT molecular complexity index is 854. The van der Waals surface area contributed by atoms with E-state index in [-0.39, 0.29) is 6.03 Å². The highest BCUT2D eigenvalue weighted by Crippen LogP contribution is 2.28. The van der Waals surface area contributed by atoms with Gasteiger partial charge in [0.15, 0.2) is 0 Å². The molecule has 3 N–H and O–H groups in total. The molecule has 2 fully saturated rings. The third-order valence-corrected chi connectivity index (χ3v) is 6.73. The van der Waals surface area contributed by atoms with E-state index in [0.717, 1.165) is 56.0 Å². The number of nitrogens with one attached hydrogen (secondary N) is 2. The Hall–Kier alpha value is -2.73. The number of aliphatic hydroxyl groups is 1. The number of amides is 2. The average Bonchev–Trinajstić information content (AvgIpc) is 3.13. The van der Waals surface area contributed by atoms with Crippen LogP contribution < -0.4 is 20.4 Å². The highest BCUT2D eigenvalue weighted by atomic mass is 16.3. The predicted octanol–water partition coefficient (Wildman–Crippen LogP) is 4.60. The maximum Gasteiger partial charge on any atom is 0.319 e. The molecule has 0 spiro atoms. The fourth-order valence-corrected chi connectivity index (χ4v) is 4.71. The van der Waals surface area contributed by atoms with Crippen molar-refractivity contribution in [3.63, 3.8) is 0 Å². The number of para-hydroxylation sites is 2. The fraction of sp³-hybridized carbons (Fsp3) is 0.500. The first-order valence-corrected chi connectivity index (χ1v) is 12.1. The van der Waals surface area contributed by atoms with E-state index in [4.69, 9.17) is 0 Å². The second-order valence-corrected chi connectivity index (χ2v) is 9.01. The minimum Gasteiger partial charge on any atom is -0.396 e. The summed E-state index contributed by atoms with van der Waals surface area (Å²) in [6.07, 6.45) is 7.06. The van der Waals surface area contributed by atoms with Crippen molar-refractivity contribution in [2.24, 2.45) is 5.92 Å². The molecule has 0 atom stereocenters. The first-order chi connectivity index (χ1) is 15.7. The van der Waals surface area contributed by atoms with Gasteiger partial charge in [0.2, 0.25) is 0 Å². The standard InChI is InChI=1S/C26H36N4O2/c31-20-22-13-17-29(18-14-22)23-11-9-21(10-12-23)19-27-26(32)28-24-7-3-4-8-25(24)30-15-5-1-2-6-16-30/h3-4,7-12,22,31H,1-2,5-6,13-20H2,(H2,27,28,32). The Kier molecular flexibility index (Phi) is 7.88. The number of piperidine rings is 1. The molecule has 4 rings (SSSR count). The summed E-state index contributed by atoms with van der Waals surface area (Å²) in [6, 6.07) is 16.3. The highest BCUT2D eigenvalue weighted by molar-refractivity contribution is 5.93. The van der Waals surface area contributed by atoms with Crippen molar-refractivity contribution in [3.8, 4) is 0 Å². The number of rotatable bonds is 6. The molecular formula is C26H36N4O2. The lowest BCUT2D eigenvalue weighted by atomic mass is 9.97. The fourth-order valence-electron chi connectivity index (χ4n) is 4.71. The molecule has 2 aliphatic rings. The molecule has 2 amide bonds. The molecule has 2 saturated heterocycles. The lowest BCUT2D eigenvalue weighted by molar-refractivity contribution is 0.203. The summed E-state index contributed by atoms with van der Waals surface area (Å²) in [6.45, 7) is 4.85. The number of benzene rings is 2. The summed E-state index contributed by atoms with van der Waals surface area (Å²) in [7, 11) is 0. The van der Waals surface area contributed by atoms with Gasteiger partial charge in [-0.25, -0.2) is 4.79 Å². The van der Waals surface area contributed by atoms with Gasteiger partial charge in [0.1, 0.15) is 0 Å². The van der Waals surface area contributed by atoms with Crippen LogP contribution in [0.3, 0.4) is 0 Å². The van der Waals surface area contributed by atoms with Crippen molar-refractivity contribution in [2.75, 3.05) is 47.9 Å². The molecule has 0 bridgehead atoms. The van der Waals surface area contributed by atoms with Gasteiger partial charge in [-0.3, -0.25) is 0 Å². The molecule has 0 unspecified atom stereocenters. The van der Waals surface area contributed by atoms with Gasteiger partial charge in [-0.05, 0) is 61.4 Å². The van der Waals surface area contributed by atoms with Gasteiger partial charge in [0, 0.05) is 45.0 Å². The number of hydrogen-bond acceptors (Lipinski definition) is 4. The Morgan fingerprint density at radius 1 is 0.875 bits per heavy atom.